The standard InChI is InChI=1S/C22H26N2O8S3/c1-34(29,30)19-8-6-17(7-9-19)22(28)23-10-3-11-33-15-16-4-2-5-20(12-16)35(31,32)24-18(14-25)13-21(26)27/h2,4-9,12,14,18,24H,3,10-11,13,15H2,1H3,(H,23,28)(H,26,27)/t18-/m0/s1. The van der Waals surface area contributed by atoms with Crippen molar-refractivity contribution in [3.8, 4) is 0 Å². The predicted octanol–water partition coefficient (Wildman–Crippen LogP) is 1.46. The van der Waals surface area contributed by atoms with Crippen LogP contribution in [-0.2, 0) is 35.2 Å². The summed E-state index contributed by atoms with van der Waals surface area (Å²) in [4.78, 5) is 34.0. The van der Waals surface area contributed by atoms with Gasteiger partial charge in [-0.25, -0.2) is 21.6 Å². The number of hydrogen-bond acceptors (Lipinski definition) is 8. The summed E-state index contributed by atoms with van der Waals surface area (Å²) in [5, 5.41) is 11.5. The van der Waals surface area contributed by atoms with Crippen LogP contribution in [0.15, 0.2) is 58.3 Å². The van der Waals surface area contributed by atoms with Gasteiger partial charge in [-0.2, -0.15) is 11.8 Å². The van der Waals surface area contributed by atoms with Crippen molar-refractivity contribution in [2.24, 2.45) is 0 Å². The van der Waals surface area contributed by atoms with Gasteiger partial charge in [0.15, 0.2) is 9.84 Å². The van der Waals surface area contributed by atoms with Gasteiger partial charge in [0, 0.05) is 24.1 Å². The highest BCUT2D eigenvalue weighted by Crippen LogP contribution is 2.18. The molecule has 2 aromatic rings. The zero-order chi connectivity index (χ0) is 26.1. The second-order valence-electron chi connectivity index (χ2n) is 7.57. The molecule has 0 aliphatic carbocycles. The fourth-order valence-corrected chi connectivity index (χ4v) is 5.67. The molecule has 35 heavy (non-hydrogen) atoms. The van der Waals surface area contributed by atoms with E-state index in [1.54, 1.807) is 12.1 Å². The van der Waals surface area contributed by atoms with Gasteiger partial charge in [0.2, 0.25) is 10.0 Å². The molecule has 0 spiro atoms. The van der Waals surface area contributed by atoms with Gasteiger partial charge in [0.25, 0.3) is 5.91 Å². The number of aliphatic carboxylic acids is 1. The summed E-state index contributed by atoms with van der Waals surface area (Å²) in [5.41, 5.74) is 1.09. The SMILES string of the molecule is CS(=O)(=O)c1ccc(C(=O)NCCCSCc2cccc(S(=O)(=O)N[C@H](C=O)CC(=O)O)c2)cc1. The largest absolute Gasteiger partial charge is 0.481 e. The van der Waals surface area contributed by atoms with Crippen molar-refractivity contribution in [1.82, 2.24) is 10.0 Å². The van der Waals surface area contributed by atoms with Gasteiger partial charge in [-0.3, -0.25) is 9.59 Å². The molecule has 0 saturated heterocycles. The van der Waals surface area contributed by atoms with Crippen molar-refractivity contribution >= 4 is 49.8 Å². The highest BCUT2D eigenvalue weighted by atomic mass is 32.2. The lowest BCUT2D eigenvalue weighted by Crippen LogP contribution is -2.37. The van der Waals surface area contributed by atoms with Crippen molar-refractivity contribution in [3.63, 3.8) is 0 Å². The predicted molar refractivity (Wildman–Crippen MR) is 132 cm³/mol. The minimum atomic E-state index is -4.06. The Balaban J connectivity index is 1.79. The molecule has 10 nitrogen and oxygen atoms in total. The maximum absolute atomic E-state index is 12.5. The third-order valence-corrected chi connectivity index (χ3v) is 8.37. The van der Waals surface area contributed by atoms with E-state index in [1.165, 1.54) is 48.2 Å². The van der Waals surface area contributed by atoms with Gasteiger partial charge in [0.05, 0.1) is 22.3 Å². The van der Waals surface area contributed by atoms with Gasteiger partial charge < -0.3 is 15.2 Å². The molecule has 0 bridgehead atoms. The number of hydrogen-bond donors (Lipinski definition) is 3. The molecular formula is C22H26N2O8S3. The molecule has 0 aromatic heterocycles. The van der Waals surface area contributed by atoms with Crippen LogP contribution in [-0.4, -0.2) is 64.7 Å². The van der Waals surface area contributed by atoms with E-state index in [2.05, 4.69) is 10.0 Å². The smallest absolute Gasteiger partial charge is 0.305 e. The van der Waals surface area contributed by atoms with E-state index < -0.39 is 38.3 Å². The van der Waals surface area contributed by atoms with Crippen molar-refractivity contribution in [2.75, 3.05) is 18.6 Å². The van der Waals surface area contributed by atoms with E-state index >= 15 is 0 Å². The lowest BCUT2D eigenvalue weighted by atomic mass is 10.2. The molecule has 0 fully saturated rings. The number of sulfone groups is 1. The number of rotatable bonds is 14. The van der Waals surface area contributed by atoms with Crippen LogP contribution < -0.4 is 10.0 Å². The lowest BCUT2D eigenvalue weighted by Gasteiger charge is -2.12. The maximum atomic E-state index is 12.5. The Hall–Kier alpha value is -2.74. The van der Waals surface area contributed by atoms with Crippen molar-refractivity contribution < 1.29 is 36.3 Å². The summed E-state index contributed by atoms with van der Waals surface area (Å²) in [6.45, 7) is 0.411. The molecule has 0 radical (unpaired) electrons. The molecule has 1 amide bonds. The van der Waals surface area contributed by atoms with Gasteiger partial charge in [-0.15, -0.1) is 0 Å². The number of nitrogens with one attached hydrogen (secondary N) is 2. The Labute approximate surface area is 208 Å². The Bertz CT molecular complexity index is 1260. The first kappa shape index (κ1) is 28.5. The van der Waals surface area contributed by atoms with Crippen LogP contribution in [0.5, 0.6) is 0 Å². The summed E-state index contributed by atoms with van der Waals surface area (Å²) < 4.78 is 50.0. The molecule has 0 aliphatic heterocycles. The van der Waals surface area contributed by atoms with E-state index in [9.17, 15) is 31.2 Å². The average molecular weight is 543 g/mol. The topological polar surface area (TPSA) is 164 Å². The minimum Gasteiger partial charge on any atom is -0.481 e. The Morgan fingerprint density at radius 1 is 1.06 bits per heavy atom. The Morgan fingerprint density at radius 2 is 1.74 bits per heavy atom. The second-order valence-corrected chi connectivity index (χ2v) is 12.4. The minimum absolute atomic E-state index is 0.0676. The third-order valence-electron chi connectivity index (χ3n) is 4.64. The van der Waals surface area contributed by atoms with Crippen LogP contribution >= 0.6 is 11.8 Å². The average Bonchev–Trinajstić information content (AvgIpc) is 2.80. The summed E-state index contributed by atoms with van der Waals surface area (Å²) >= 11 is 1.54. The first-order valence-electron chi connectivity index (χ1n) is 10.4. The molecule has 0 heterocycles. The highest BCUT2D eigenvalue weighted by Gasteiger charge is 2.22. The maximum Gasteiger partial charge on any atom is 0.305 e. The second kappa shape index (κ2) is 12.8. The summed E-state index contributed by atoms with van der Waals surface area (Å²) in [6.07, 6.45) is 1.35. The molecule has 190 valence electrons. The van der Waals surface area contributed by atoms with E-state index in [0.29, 0.717) is 30.0 Å². The molecule has 2 aromatic carbocycles. The number of thioether (sulfide) groups is 1. The normalized spacial score (nSPS) is 12.6. The zero-order valence-corrected chi connectivity index (χ0v) is 21.3. The number of carboxylic acid groups (broad SMARTS) is 1. The van der Waals surface area contributed by atoms with Gasteiger partial charge in [-0.1, -0.05) is 12.1 Å². The molecule has 13 heteroatoms. The van der Waals surface area contributed by atoms with Crippen LogP contribution in [0.4, 0.5) is 0 Å². The summed E-state index contributed by atoms with van der Waals surface area (Å²) in [7, 11) is -7.38. The number of aldehydes is 1. The van der Waals surface area contributed by atoms with E-state index in [0.717, 1.165) is 11.8 Å². The number of carboxylic acids is 1. The zero-order valence-electron chi connectivity index (χ0n) is 18.8. The van der Waals surface area contributed by atoms with Crippen LogP contribution in [0.1, 0.15) is 28.8 Å². The van der Waals surface area contributed by atoms with Crippen LogP contribution in [0.3, 0.4) is 0 Å². The lowest BCUT2D eigenvalue weighted by molar-refractivity contribution is -0.138. The summed E-state index contributed by atoms with van der Waals surface area (Å²) in [6, 6.07) is 10.4. The van der Waals surface area contributed by atoms with Gasteiger partial charge in [0.1, 0.15) is 6.29 Å². The van der Waals surface area contributed by atoms with Crippen molar-refractivity contribution in [1.29, 1.82) is 0 Å². The molecule has 2 rings (SSSR count). The number of carbonyl (C=O) groups is 3. The van der Waals surface area contributed by atoms with Crippen LogP contribution in [0, 0.1) is 0 Å². The van der Waals surface area contributed by atoms with Crippen LogP contribution in [0.25, 0.3) is 0 Å². The third kappa shape index (κ3) is 9.43. The molecule has 1 atom stereocenters. The van der Waals surface area contributed by atoms with E-state index in [-0.39, 0.29) is 22.0 Å². The molecular weight excluding hydrogens is 516 g/mol. The quantitative estimate of drug-likeness (QED) is 0.237. The molecule has 0 saturated carbocycles. The summed E-state index contributed by atoms with van der Waals surface area (Å²) in [5.74, 6) is -0.404. The Kier molecular flexibility index (Phi) is 10.4. The van der Waals surface area contributed by atoms with Crippen LogP contribution in [0.2, 0.25) is 0 Å². The monoisotopic (exact) mass is 542 g/mol. The molecule has 0 unspecified atom stereocenters. The number of amides is 1. The van der Waals surface area contributed by atoms with Gasteiger partial charge >= 0.3 is 5.97 Å². The van der Waals surface area contributed by atoms with E-state index in [1.807, 2.05) is 0 Å². The first-order chi connectivity index (χ1) is 16.4. The van der Waals surface area contributed by atoms with Gasteiger partial charge in [-0.05, 0) is 54.1 Å². The molecule has 3 N–H and O–H groups in total. The van der Waals surface area contributed by atoms with Crippen molar-refractivity contribution in [3.05, 3.63) is 59.7 Å². The number of carbonyl (C=O) groups excluding carboxylic acids is 2. The Morgan fingerprint density at radius 3 is 2.34 bits per heavy atom. The first-order valence-corrected chi connectivity index (χ1v) is 14.9. The molecule has 0 aliphatic rings. The van der Waals surface area contributed by atoms with Crippen molar-refractivity contribution in [2.45, 2.75) is 34.4 Å². The number of benzene rings is 2. The highest BCUT2D eigenvalue weighted by molar-refractivity contribution is 7.98. The fourth-order valence-electron chi connectivity index (χ4n) is 2.90. The number of sulfonamides is 1. The van der Waals surface area contributed by atoms with E-state index in [4.69, 9.17) is 5.11 Å². The fraction of sp³-hybridized carbons (Fsp3) is 0.318.